The Morgan fingerprint density at radius 2 is 0.929 bits per heavy atom. The van der Waals surface area contributed by atoms with E-state index in [1.165, 1.54) is 33.3 Å². The number of aromatic amines is 1. The molecule has 0 unspecified atom stereocenters. The summed E-state index contributed by atoms with van der Waals surface area (Å²) in [6.07, 6.45) is -0.811. The fraction of sp³-hybridized carbons (Fsp3) is 0.692. The van der Waals surface area contributed by atoms with Gasteiger partial charge in [-0.1, -0.05) is 48.0 Å². The lowest BCUT2D eigenvalue weighted by Crippen LogP contribution is -2.63. The predicted octanol–water partition coefficient (Wildman–Crippen LogP) is -5.79. The number of carbonyl (C=O) groups is 13. The van der Waals surface area contributed by atoms with Crippen molar-refractivity contribution in [3.05, 3.63) is 18.2 Å². The Bertz CT molecular complexity index is 2390. The molecule has 0 bridgehead atoms. The molecule has 85 heavy (non-hydrogen) atoms. The van der Waals surface area contributed by atoms with Gasteiger partial charge in [-0.05, 0) is 69.7 Å². The fourth-order valence-electron chi connectivity index (χ4n) is 8.14. The first-order valence-corrected chi connectivity index (χ1v) is 27.9. The molecule has 0 saturated carbocycles. The van der Waals surface area contributed by atoms with Crippen LogP contribution in [0, 0.1) is 17.8 Å². The third-order valence-corrected chi connectivity index (χ3v) is 13.2. The number of amides is 10. The van der Waals surface area contributed by atoms with Gasteiger partial charge < -0.3 is 100 Å². The minimum Gasteiger partial charge on any atom is -0.481 e. The summed E-state index contributed by atoms with van der Waals surface area (Å²) in [5.41, 5.74) is 11.6. The van der Waals surface area contributed by atoms with Gasteiger partial charge in [0.05, 0.1) is 31.3 Å². The number of carboxylic acids is 3. The first-order chi connectivity index (χ1) is 39.9. The van der Waals surface area contributed by atoms with Gasteiger partial charge in [0.25, 0.3) is 0 Å². The van der Waals surface area contributed by atoms with Crippen molar-refractivity contribution in [3.8, 4) is 0 Å². The van der Waals surface area contributed by atoms with Gasteiger partial charge in [0.15, 0.2) is 0 Å². The Morgan fingerprint density at radius 1 is 0.506 bits per heavy atom. The van der Waals surface area contributed by atoms with Gasteiger partial charge in [0.1, 0.15) is 60.4 Å². The summed E-state index contributed by atoms with van der Waals surface area (Å²) in [7, 11) is 0. The number of aromatic nitrogens is 2. The number of aliphatic hydroxyl groups excluding tert-OH is 3. The van der Waals surface area contributed by atoms with E-state index in [0.29, 0.717) is 18.5 Å². The number of aliphatic carboxylic acids is 3. The van der Waals surface area contributed by atoms with E-state index in [-0.39, 0.29) is 51.1 Å². The van der Waals surface area contributed by atoms with Crippen LogP contribution in [-0.2, 0) is 68.7 Å². The van der Waals surface area contributed by atoms with E-state index >= 15 is 0 Å². The second kappa shape index (κ2) is 38.9. The minimum absolute atomic E-state index is 0.00763. The first kappa shape index (κ1) is 75.1. The second-order valence-corrected chi connectivity index (χ2v) is 21.1. The highest BCUT2D eigenvalue weighted by atomic mass is 16.4. The largest absolute Gasteiger partial charge is 0.481 e. The van der Waals surface area contributed by atoms with Crippen LogP contribution in [0.25, 0.3) is 0 Å². The van der Waals surface area contributed by atoms with Crippen molar-refractivity contribution < 1.29 is 93.0 Å². The molecule has 0 aliphatic carbocycles. The summed E-state index contributed by atoms with van der Waals surface area (Å²) in [5, 5.41) is 83.2. The van der Waals surface area contributed by atoms with Crippen LogP contribution < -0.4 is 64.6 Å². The molecule has 33 nitrogen and oxygen atoms in total. The molecule has 12 atom stereocenters. The maximum Gasteiger partial charge on any atom is 0.326 e. The number of carbonyl (C=O) groups excluding carboxylic acids is 10. The number of H-pyrrole nitrogens is 1. The van der Waals surface area contributed by atoms with Crippen LogP contribution in [0.2, 0.25) is 0 Å². The number of hydrogen-bond donors (Lipinski definition) is 19. The average molecular weight is 1210 g/mol. The molecule has 0 radical (unpaired) electrons. The van der Waals surface area contributed by atoms with Gasteiger partial charge in [-0.15, -0.1) is 0 Å². The lowest BCUT2D eigenvalue weighted by molar-refractivity contribution is -0.144. The Hall–Kier alpha value is -7.88. The van der Waals surface area contributed by atoms with Gasteiger partial charge >= 0.3 is 17.9 Å². The van der Waals surface area contributed by atoms with Crippen LogP contribution in [0.4, 0.5) is 0 Å². The minimum atomic E-state index is -1.96. The molecule has 1 aromatic rings. The lowest BCUT2D eigenvalue weighted by Gasteiger charge is -2.30. The Morgan fingerprint density at radius 3 is 1.36 bits per heavy atom. The van der Waals surface area contributed by atoms with Crippen molar-refractivity contribution in [3.63, 3.8) is 0 Å². The van der Waals surface area contributed by atoms with Gasteiger partial charge in [0.2, 0.25) is 59.1 Å². The summed E-state index contributed by atoms with van der Waals surface area (Å²) in [5.74, 6) is -16.4. The van der Waals surface area contributed by atoms with Gasteiger partial charge in [-0.2, -0.15) is 0 Å². The van der Waals surface area contributed by atoms with Gasteiger partial charge in [-0.25, -0.2) is 9.78 Å². The summed E-state index contributed by atoms with van der Waals surface area (Å²) >= 11 is 0. The molecule has 0 spiro atoms. The van der Waals surface area contributed by atoms with E-state index < -0.39 is 194 Å². The first-order valence-electron chi connectivity index (χ1n) is 27.9. The van der Waals surface area contributed by atoms with E-state index in [9.17, 15) is 93.0 Å². The Kier molecular flexibility index (Phi) is 34.4. The topological polar surface area (TPSA) is 544 Å². The number of unbranched alkanes of at least 4 members (excludes halogenated alkanes) is 1. The number of nitrogens with zero attached hydrogens (tertiary/aromatic N) is 1. The van der Waals surface area contributed by atoms with Crippen molar-refractivity contribution in [2.75, 3.05) is 26.3 Å². The van der Waals surface area contributed by atoms with E-state index in [1.807, 2.05) is 0 Å². The summed E-state index contributed by atoms with van der Waals surface area (Å²) < 4.78 is 0. The quantitative estimate of drug-likeness (QED) is 0.0271. The molecule has 1 heterocycles. The molecule has 0 aromatic carbocycles. The molecular weight excluding hydrogens is 1120 g/mol. The zero-order chi connectivity index (χ0) is 64.7. The molecule has 0 saturated heterocycles. The molecule has 0 fully saturated rings. The van der Waals surface area contributed by atoms with E-state index in [2.05, 4.69) is 63.1 Å². The number of imidazole rings is 1. The summed E-state index contributed by atoms with van der Waals surface area (Å²) in [4.78, 5) is 178. The SMILES string of the molecule is CC[C@H](C)[C@H](NC(=O)[C@H](CO)NC(=O)[C@H](CO)NC(=O)[C@H](CC(C)C)NC(=O)[C@H](CCCCN)NC(=O)[C@H](Cc1c[nH]cn1)NC(=O)CCN)C(=O)N[C@@H](CCC(=O)O)C(=O)N[C@H](C(=O)N[C@@H](CCC(=O)O)C(=O)N[C@H](C(=O)O)C(C)C)[C@@H](C)O. The zero-order valence-corrected chi connectivity index (χ0v) is 48.9. The standard InChI is InChI=1S/C52H88N14O19/c1-8-27(6)41(50(82)59-32(13-15-39(73)74)45(77)66-42(28(7)69)51(83)60-31(12-14-38(71)72)44(76)64-40(26(4)5)52(84)85)65-49(81)36(23-68)63-48(80)35(22-67)62-46(78)33(19-25(2)3)61-43(75)30(11-9-10-17-53)58-47(79)34(57-37(70)16-18-54)20-29-21-55-24-56-29/h21,24-28,30-36,40-42,67-69H,8-20,22-23,53-54H2,1-7H3,(H,55,56)(H,57,70)(H,58,79)(H,59,82)(H,60,83)(H,61,75)(H,62,78)(H,63,80)(H,64,76)(H,65,81)(H,66,77)(H,71,72)(H,73,74)(H,84,85)/t27-,28+,30-,31-,32-,33-,34-,35-,36-,40-,41-,42-/m0/s1. The van der Waals surface area contributed by atoms with Gasteiger partial charge in [0, 0.05) is 38.4 Å². The van der Waals surface area contributed by atoms with Crippen LogP contribution in [0.15, 0.2) is 12.5 Å². The van der Waals surface area contributed by atoms with E-state index in [1.54, 1.807) is 20.8 Å². The van der Waals surface area contributed by atoms with Crippen molar-refractivity contribution in [2.45, 2.75) is 186 Å². The average Bonchev–Trinajstić information content (AvgIpc) is 4.02. The van der Waals surface area contributed by atoms with Crippen molar-refractivity contribution in [1.29, 1.82) is 0 Å². The van der Waals surface area contributed by atoms with Crippen LogP contribution in [0.3, 0.4) is 0 Å². The van der Waals surface area contributed by atoms with Crippen LogP contribution in [0.1, 0.15) is 118 Å². The van der Waals surface area contributed by atoms with Crippen LogP contribution in [0.5, 0.6) is 0 Å². The summed E-state index contributed by atoms with van der Waals surface area (Å²) in [6.45, 7) is 8.52. The third kappa shape index (κ3) is 27.6. The monoisotopic (exact) mass is 1210 g/mol. The third-order valence-electron chi connectivity index (χ3n) is 13.2. The second-order valence-electron chi connectivity index (χ2n) is 21.1. The number of carboxylic acid groups (broad SMARTS) is 3. The van der Waals surface area contributed by atoms with E-state index in [0.717, 1.165) is 6.92 Å². The maximum atomic E-state index is 14.0. The molecule has 0 aliphatic rings. The number of aliphatic hydroxyl groups is 3. The van der Waals surface area contributed by atoms with Crippen molar-refractivity contribution >= 4 is 77.0 Å². The smallest absolute Gasteiger partial charge is 0.326 e. The van der Waals surface area contributed by atoms with Crippen molar-refractivity contribution in [1.82, 2.24) is 63.1 Å². The number of rotatable bonds is 42. The lowest BCUT2D eigenvalue weighted by atomic mass is 9.97. The van der Waals surface area contributed by atoms with Crippen LogP contribution in [-0.4, -0.2) is 210 Å². The Balaban J connectivity index is 3.40. The normalized spacial score (nSPS) is 15.5. The molecular formula is C52H88N14O19. The zero-order valence-electron chi connectivity index (χ0n) is 48.9. The number of nitrogens with one attached hydrogen (secondary N) is 11. The number of hydrogen-bond acceptors (Lipinski definition) is 19. The highest BCUT2D eigenvalue weighted by molar-refractivity contribution is 5.99. The van der Waals surface area contributed by atoms with E-state index in [4.69, 9.17) is 11.5 Å². The molecule has 33 heteroatoms. The maximum absolute atomic E-state index is 14.0. The molecule has 21 N–H and O–H groups in total. The summed E-state index contributed by atoms with van der Waals surface area (Å²) in [6, 6.07) is -16.2. The molecule has 0 aliphatic heterocycles. The van der Waals surface area contributed by atoms with Crippen molar-refractivity contribution in [2.24, 2.45) is 29.2 Å². The van der Waals surface area contributed by atoms with Gasteiger partial charge in [-0.3, -0.25) is 57.5 Å². The molecule has 480 valence electrons. The molecule has 1 rings (SSSR count). The Labute approximate surface area is 491 Å². The molecule has 1 aromatic heterocycles. The highest BCUT2D eigenvalue weighted by Gasteiger charge is 2.38. The highest BCUT2D eigenvalue weighted by Crippen LogP contribution is 2.13. The molecule has 10 amide bonds. The predicted molar refractivity (Wildman–Crippen MR) is 299 cm³/mol. The van der Waals surface area contributed by atoms with Crippen LogP contribution >= 0.6 is 0 Å². The number of nitrogens with two attached hydrogens (primary N) is 2. The fourth-order valence-corrected chi connectivity index (χ4v) is 8.14.